The monoisotopic (exact) mass is 395 g/mol. The van der Waals surface area contributed by atoms with Crippen molar-refractivity contribution in [2.75, 3.05) is 51.3 Å². The number of benzene rings is 1. The van der Waals surface area contributed by atoms with Crippen molar-refractivity contribution in [1.82, 2.24) is 9.80 Å². The van der Waals surface area contributed by atoms with Gasteiger partial charge in [0.2, 0.25) is 11.8 Å². The van der Waals surface area contributed by atoms with Crippen LogP contribution < -0.4 is 5.32 Å². The first-order valence-electron chi connectivity index (χ1n) is 8.26. The highest BCUT2D eigenvalue weighted by molar-refractivity contribution is 9.10. The first-order chi connectivity index (χ1) is 11.6. The Balaban J connectivity index is 1.48. The van der Waals surface area contributed by atoms with Crippen LogP contribution in [-0.4, -0.2) is 67.6 Å². The average Bonchev–Trinajstić information content (AvgIpc) is 2.97. The Morgan fingerprint density at radius 1 is 1.21 bits per heavy atom. The third-order valence-corrected chi connectivity index (χ3v) is 5.02. The Morgan fingerprint density at radius 2 is 1.92 bits per heavy atom. The van der Waals surface area contributed by atoms with Crippen LogP contribution in [0.25, 0.3) is 0 Å². The number of rotatable bonds is 5. The summed E-state index contributed by atoms with van der Waals surface area (Å²) in [6.07, 6.45) is 0.297. The molecule has 3 rings (SSSR count). The number of halogens is 1. The zero-order chi connectivity index (χ0) is 16.9. The summed E-state index contributed by atoms with van der Waals surface area (Å²) >= 11 is 3.37. The summed E-state index contributed by atoms with van der Waals surface area (Å²) in [7, 11) is 0. The Hall–Kier alpha value is -1.44. The highest BCUT2D eigenvalue weighted by Gasteiger charge is 2.34. The van der Waals surface area contributed by atoms with E-state index in [4.69, 9.17) is 4.74 Å². The SMILES string of the molecule is O=C(Nc1ccc(Br)cc1)C1CC(=O)N(CCN2CCOCC2)C1. The third kappa shape index (κ3) is 4.55. The molecule has 0 radical (unpaired) electrons. The zero-order valence-electron chi connectivity index (χ0n) is 13.5. The fourth-order valence-electron chi connectivity index (χ4n) is 3.03. The molecular weight excluding hydrogens is 374 g/mol. The minimum absolute atomic E-state index is 0.0687. The fourth-order valence-corrected chi connectivity index (χ4v) is 3.29. The van der Waals surface area contributed by atoms with Crippen molar-refractivity contribution in [3.63, 3.8) is 0 Å². The molecule has 6 nitrogen and oxygen atoms in total. The first-order valence-corrected chi connectivity index (χ1v) is 9.05. The molecule has 2 fully saturated rings. The molecule has 1 aromatic carbocycles. The van der Waals surface area contributed by atoms with Crippen LogP contribution >= 0.6 is 15.9 Å². The van der Waals surface area contributed by atoms with Crippen molar-refractivity contribution in [3.05, 3.63) is 28.7 Å². The number of nitrogens with zero attached hydrogens (tertiary/aromatic N) is 2. The molecule has 7 heteroatoms. The minimum Gasteiger partial charge on any atom is -0.379 e. The van der Waals surface area contributed by atoms with E-state index in [2.05, 4.69) is 26.1 Å². The van der Waals surface area contributed by atoms with E-state index < -0.39 is 0 Å². The number of hydrogen-bond acceptors (Lipinski definition) is 4. The smallest absolute Gasteiger partial charge is 0.229 e. The predicted molar refractivity (Wildman–Crippen MR) is 94.7 cm³/mol. The van der Waals surface area contributed by atoms with Crippen molar-refractivity contribution in [1.29, 1.82) is 0 Å². The van der Waals surface area contributed by atoms with Gasteiger partial charge >= 0.3 is 0 Å². The number of carbonyl (C=O) groups excluding carboxylic acids is 2. The maximum absolute atomic E-state index is 12.4. The predicted octanol–water partition coefficient (Wildman–Crippen LogP) is 1.57. The average molecular weight is 396 g/mol. The largest absolute Gasteiger partial charge is 0.379 e. The van der Waals surface area contributed by atoms with Gasteiger partial charge in [-0.3, -0.25) is 14.5 Å². The van der Waals surface area contributed by atoms with Crippen LogP contribution in [0.3, 0.4) is 0 Å². The van der Waals surface area contributed by atoms with Crippen LogP contribution in [0, 0.1) is 5.92 Å². The summed E-state index contributed by atoms with van der Waals surface area (Å²) in [5, 5.41) is 2.89. The summed E-state index contributed by atoms with van der Waals surface area (Å²) < 4.78 is 6.29. The topological polar surface area (TPSA) is 61.9 Å². The Morgan fingerprint density at radius 3 is 2.62 bits per heavy atom. The normalized spacial score (nSPS) is 22.0. The third-order valence-electron chi connectivity index (χ3n) is 4.49. The van der Waals surface area contributed by atoms with Gasteiger partial charge in [0.05, 0.1) is 19.1 Å². The minimum atomic E-state index is -0.272. The van der Waals surface area contributed by atoms with Crippen molar-refractivity contribution in [2.24, 2.45) is 5.92 Å². The second-order valence-electron chi connectivity index (χ2n) is 6.19. The van der Waals surface area contributed by atoms with Crippen molar-refractivity contribution >= 4 is 33.4 Å². The van der Waals surface area contributed by atoms with Crippen LogP contribution in [-0.2, 0) is 14.3 Å². The molecule has 1 aromatic rings. The van der Waals surface area contributed by atoms with Crippen LogP contribution in [0.2, 0.25) is 0 Å². The van der Waals surface area contributed by atoms with E-state index >= 15 is 0 Å². The van der Waals surface area contributed by atoms with Crippen LogP contribution in [0.5, 0.6) is 0 Å². The van der Waals surface area contributed by atoms with Gasteiger partial charge in [0.25, 0.3) is 0 Å². The summed E-state index contributed by atoms with van der Waals surface area (Å²) in [5.41, 5.74) is 0.752. The first kappa shape index (κ1) is 17.4. The molecule has 0 aliphatic carbocycles. The zero-order valence-corrected chi connectivity index (χ0v) is 15.1. The lowest BCUT2D eigenvalue weighted by Crippen LogP contribution is -2.42. The van der Waals surface area contributed by atoms with Gasteiger partial charge in [-0.2, -0.15) is 0 Å². The maximum atomic E-state index is 12.4. The highest BCUT2D eigenvalue weighted by Crippen LogP contribution is 2.21. The summed E-state index contributed by atoms with van der Waals surface area (Å²) in [6, 6.07) is 7.44. The number of carbonyl (C=O) groups is 2. The number of nitrogens with one attached hydrogen (secondary N) is 1. The van der Waals surface area contributed by atoms with E-state index in [0.29, 0.717) is 19.5 Å². The number of morpholine rings is 1. The molecule has 1 unspecified atom stereocenters. The molecular formula is C17H22BrN3O3. The van der Waals surface area contributed by atoms with Gasteiger partial charge in [-0.1, -0.05) is 15.9 Å². The van der Waals surface area contributed by atoms with Gasteiger partial charge in [-0.05, 0) is 24.3 Å². The van der Waals surface area contributed by atoms with Crippen LogP contribution in [0.1, 0.15) is 6.42 Å². The molecule has 0 bridgehead atoms. The molecule has 2 amide bonds. The second-order valence-corrected chi connectivity index (χ2v) is 7.11. The molecule has 0 saturated carbocycles. The van der Waals surface area contributed by atoms with Crippen LogP contribution in [0.15, 0.2) is 28.7 Å². The molecule has 130 valence electrons. The van der Waals surface area contributed by atoms with Gasteiger partial charge in [-0.15, -0.1) is 0 Å². The van der Waals surface area contributed by atoms with Gasteiger partial charge in [0.1, 0.15) is 0 Å². The Kier molecular flexibility index (Phi) is 5.86. The summed E-state index contributed by atoms with van der Waals surface area (Å²) in [5.74, 6) is -0.287. The number of likely N-dealkylation sites (tertiary alicyclic amines) is 1. The van der Waals surface area contributed by atoms with Crippen molar-refractivity contribution in [3.8, 4) is 0 Å². The van der Waals surface area contributed by atoms with Crippen molar-refractivity contribution in [2.45, 2.75) is 6.42 Å². The quantitative estimate of drug-likeness (QED) is 0.821. The molecule has 2 heterocycles. The van der Waals surface area contributed by atoms with Gasteiger partial charge in [0.15, 0.2) is 0 Å². The molecule has 2 aliphatic heterocycles. The molecule has 0 spiro atoms. The lowest BCUT2D eigenvalue weighted by molar-refractivity contribution is -0.128. The summed E-state index contributed by atoms with van der Waals surface area (Å²) in [6.45, 7) is 5.37. The second kappa shape index (κ2) is 8.09. The molecule has 1 N–H and O–H groups in total. The van der Waals surface area contributed by atoms with Gasteiger partial charge in [-0.25, -0.2) is 0 Å². The fraction of sp³-hybridized carbons (Fsp3) is 0.529. The Bertz CT molecular complexity index is 587. The van der Waals surface area contributed by atoms with E-state index in [0.717, 1.165) is 43.0 Å². The number of anilines is 1. The van der Waals surface area contributed by atoms with E-state index in [1.54, 1.807) is 4.90 Å². The van der Waals surface area contributed by atoms with E-state index in [-0.39, 0.29) is 17.7 Å². The standard InChI is InChI=1S/C17H22BrN3O3/c18-14-1-3-15(4-2-14)19-17(23)13-11-16(22)21(12-13)6-5-20-7-9-24-10-8-20/h1-4,13H,5-12H2,(H,19,23). The molecule has 2 aliphatic rings. The maximum Gasteiger partial charge on any atom is 0.229 e. The van der Waals surface area contributed by atoms with Gasteiger partial charge < -0.3 is 15.0 Å². The highest BCUT2D eigenvalue weighted by atomic mass is 79.9. The van der Waals surface area contributed by atoms with Crippen LogP contribution in [0.4, 0.5) is 5.69 Å². The number of amides is 2. The summed E-state index contributed by atoms with van der Waals surface area (Å²) in [4.78, 5) is 28.6. The van der Waals surface area contributed by atoms with E-state index in [1.165, 1.54) is 0 Å². The van der Waals surface area contributed by atoms with E-state index in [1.807, 2.05) is 24.3 Å². The Labute approximate surface area is 150 Å². The number of ether oxygens (including phenoxy) is 1. The lowest BCUT2D eigenvalue weighted by Gasteiger charge is -2.28. The van der Waals surface area contributed by atoms with Gasteiger partial charge in [0, 0.05) is 49.3 Å². The molecule has 24 heavy (non-hydrogen) atoms. The van der Waals surface area contributed by atoms with Crippen molar-refractivity contribution < 1.29 is 14.3 Å². The molecule has 2 saturated heterocycles. The number of hydrogen-bond donors (Lipinski definition) is 1. The lowest BCUT2D eigenvalue weighted by atomic mass is 10.1. The molecule has 0 aromatic heterocycles. The molecule has 1 atom stereocenters. The van der Waals surface area contributed by atoms with E-state index in [9.17, 15) is 9.59 Å².